The third kappa shape index (κ3) is 5.31. The van der Waals surface area contributed by atoms with Gasteiger partial charge in [0.25, 0.3) is 0 Å². The molecule has 2 aromatic carbocycles. The van der Waals surface area contributed by atoms with Crippen molar-refractivity contribution >= 4 is 0 Å². The van der Waals surface area contributed by atoms with E-state index in [9.17, 15) is 10.2 Å². The Balaban J connectivity index is 1.98. The van der Waals surface area contributed by atoms with Crippen molar-refractivity contribution in [3.63, 3.8) is 0 Å². The third-order valence-electron chi connectivity index (χ3n) is 6.14. The van der Waals surface area contributed by atoms with E-state index in [4.69, 9.17) is 0 Å². The topological polar surface area (TPSA) is 40.5 Å². The van der Waals surface area contributed by atoms with E-state index in [1.807, 2.05) is 12.1 Å². The van der Waals surface area contributed by atoms with Gasteiger partial charge >= 0.3 is 0 Å². The van der Waals surface area contributed by atoms with Crippen LogP contribution in [0, 0.1) is 5.92 Å². The van der Waals surface area contributed by atoms with Crippen molar-refractivity contribution in [1.29, 1.82) is 0 Å². The summed E-state index contributed by atoms with van der Waals surface area (Å²) in [6.45, 7) is 17.5. The second-order valence-corrected chi connectivity index (χ2v) is 10.8. The van der Waals surface area contributed by atoms with Crippen LogP contribution in [0.25, 0.3) is 0 Å². The number of benzene rings is 2. The molecule has 1 atom stereocenters. The normalized spacial score (nSPS) is 17.0. The smallest absolute Gasteiger partial charge is 0.115 e. The van der Waals surface area contributed by atoms with Crippen LogP contribution in [-0.4, -0.2) is 10.2 Å². The van der Waals surface area contributed by atoms with Crippen molar-refractivity contribution in [3.05, 3.63) is 94.6 Å². The van der Waals surface area contributed by atoms with Crippen molar-refractivity contribution in [1.82, 2.24) is 0 Å². The summed E-state index contributed by atoms with van der Waals surface area (Å²) in [5.74, 6) is 0.828. The zero-order valence-electron chi connectivity index (χ0n) is 19.8. The molecule has 0 amide bonds. The van der Waals surface area contributed by atoms with Gasteiger partial charge in [0.2, 0.25) is 0 Å². The first-order valence-electron chi connectivity index (χ1n) is 11.1. The molecule has 0 fully saturated rings. The average Bonchev–Trinajstić information content (AvgIpc) is 2.65. The standard InChI is InChI=1S/C29H36O2/c1-19-9-8-10-20(15-21-11-13-23(30)17-26(21)28(2,3)4)25(19)16-22-12-14-24(31)18-27(22)29(5,6)7/h8-14,17-18,25,30-31H,1,15-16H2,2-7H3. The lowest BCUT2D eigenvalue weighted by atomic mass is 9.75. The second kappa shape index (κ2) is 8.42. The van der Waals surface area contributed by atoms with E-state index in [1.165, 1.54) is 27.8 Å². The monoisotopic (exact) mass is 416 g/mol. The molecule has 0 bridgehead atoms. The van der Waals surface area contributed by atoms with Gasteiger partial charge in [-0.1, -0.05) is 84.1 Å². The van der Waals surface area contributed by atoms with E-state index in [0.717, 1.165) is 18.4 Å². The van der Waals surface area contributed by atoms with Gasteiger partial charge in [0.15, 0.2) is 0 Å². The number of hydrogen-bond donors (Lipinski definition) is 2. The van der Waals surface area contributed by atoms with Crippen molar-refractivity contribution in [2.24, 2.45) is 5.92 Å². The number of rotatable bonds is 4. The molecule has 31 heavy (non-hydrogen) atoms. The molecule has 2 heteroatoms. The van der Waals surface area contributed by atoms with Crippen LogP contribution in [-0.2, 0) is 23.7 Å². The summed E-state index contributed by atoms with van der Waals surface area (Å²) in [7, 11) is 0. The summed E-state index contributed by atoms with van der Waals surface area (Å²) in [4.78, 5) is 0. The minimum Gasteiger partial charge on any atom is -0.508 e. The van der Waals surface area contributed by atoms with Crippen LogP contribution in [0.5, 0.6) is 11.5 Å². The van der Waals surface area contributed by atoms with Crippen LogP contribution in [0.2, 0.25) is 0 Å². The summed E-state index contributed by atoms with van der Waals surface area (Å²) >= 11 is 0. The molecule has 1 unspecified atom stereocenters. The third-order valence-corrected chi connectivity index (χ3v) is 6.14. The van der Waals surface area contributed by atoms with Crippen LogP contribution in [0.15, 0.2) is 72.4 Å². The average molecular weight is 417 g/mol. The molecule has 2 aromatic rings. The van der Waals surface area contributed by atoms with Gasteiger partial charge in [-0.05, 0) is 75.8 Å². The maximum atomic E-state index is 10.1. The maximum Gasteiger partial charge on any atom is 0.115 e. The van der Waals surface area contributed by atoms with Gasteiger partial charge < -0.3 is 10.2 Å². The molecule has 0 aromatic heterocycles. The van der Waals surface area contributed by atoms with E-state index in [2.05, 4.69) is 78.5 Å². The number of hydrogen-bond acceptors (Lipinski definition) is 2. The van der Waals surface area contributed by atoms with E-state index >= 15 is 0 Å². The minimum atomic E-state index is -0.0554. The zero-order chi connectivity index (χ0) is 23.0. The second-order valence-electron chi connectivity index (χ2n) is 10.8. The molecule has 0 aliphatic heterocycles. The van der Waals surface area contributed by atoms with Crippen LogP contribution in [0.1, 0.15) is 63.8 Å². The highest BCUT2D eigenvalue weighted by Crippen LogP contribution is 2.37. The summed E-state index contributed by atoms with van der Waals surface area (Å²) in [5, 5.41) is 20.1. The fourth-order valence-electron chi connectivity index (χ4n) is 4.51. The molecule has 1 aliphatic rings. The lowest BCUT2D eigenvalue weighted by Gasteiger charge is -2.30. The first-order chi connectivity index (χ1) is 14.4. The Labute approximate surface area is 187 Å². The largest absolute Gasteiger partial charge is 0.508 e. The predicted octanol–water partition coefficient (Wildman–Crippen LogP) is 7.15. The summed E-state index contributed by atoms with van der Waals surface area (Å²) in [6, 6.07) is 11.5. The SMILES string of the molecule is C=C1C=CC=C(Cc2ccc(O)cc2C(C)(C)C)C1Cc1ccc(O)cc1C(C)(C)C. The van der Waals surface area contributed by atoms with Gasteiger partial charge in [-0.3, -0.25) is 0 Å². The Hall–Kier alpha value is -2.74. The fraction of sp³-hybridized carbons (Fsp3) is 0.379. The van der Waals surface area contributed by atoms with Gasteiger partial charge in [-0.15, -0.1) is 0 Å². The molecule has 0 spiro atoms. The van der Waals surface area contributed by atoms with E-state index in [-0.39, 0.29) is 16.7 Å². The lowest BCUT2D eigenvalue weighted by Crippen LogP contribution is -2.20. The molecule has 2 nitrogen and oxygen atoms in total. The highest BCUT2D eigenvalue weighted by Gasteiger charge is 2.26. The van der Waals surface area contributed by atoms with E-state index in [1.54, 1.807) is 12.1 Å². The molecule has 0 heterocycles. The zero-order valence-corrected chi connectivity index (χ0v) is 19.8. The molecule has 2 N–H and O–H groups in total. The number of phenolic OH excluding ortho intramolecular Hbond substituents is 2. The quantitative estimate of drug-likeness (QED) is 0.556. The van der Waals surface area contributed by atoms with Gasteiger partial charge in [0, 0.05) is 5.92 Å². The Kier molecular flexibility index (Phi) is 6.23. The van der Waals surface area contributed by atoms with Gasteiger partial charge in [-0.25, -0.2) is 0 Å². The highest BCUT2D eigenvalue weighted by atomic mass is 16.3. The number of aromatic hydroxyl groups is 2. The van der Waals surface area contributed by atoms with Crippen LogP contribution >= 0.6 is 0 Å². The Morgan fingerprint density at radius 2 is 1.32 bits per heavy atom. The molecule has 0 saturated heterocycles. The van der Waals surface area contributed by atoms with E-state index < -0.39 is 0 Å². The molecular formula is C29H36O2. The minimum absolute atomic E-state index is 0.0536. The summed E-state index contributed by atoms with van der Waals surface area (Å²) in [5.41, 5.74) is 7.17. The Morgan fingerprint density at radius 3 is 1.87 bits per heavy atom. The Bertz CT molecular complexity index is 1040. The molecule has 164 valence electrons. The molecule has 3 rings (SSSR count). The first-order valence-corrected chi connectivity index (χ1v) is 11.1. The number of allylic oxidation sites excluding steroid dienone is 5. The van der Waals surface area contributed by atoms with Crippen molar-refractivity contribution in [2.45, 2.75) is 65.2 Å². The molecule has 0 radical (unpaired) electrons. The first kappa shape index (κ1) is 22.9. The summed E-state index contributed by atoms with van der Waals surface area (Å²) < 4.78 is 0. The molecule has 0 saturated carbocycles. The predicted molar refractivity (Wildman–Crippen MR) is 131 cm³/mol. The highest BCUT2D eigenvalue weighted by molar-refractivity contribution is 5.47. The lowest BCUT2D eigenvalue weighted by molar-refractivity contribution is 0.469. The maximum absolute atomic E-state index is 10.1. The van der Waals surface area contributed by atoms with Gasteiger partial charge in [0.05, 0.1) is 0 Å². The van der Waals surface area contributed by atoms with Gasteiger partial charge in [-0.2, -0.15) is 0 Å². The van der Waals surface area contributed by atoms with Crippen LogP contribution in [0.3, 0.4) is 0 Å². The number of phenols is 2. The van der Waals surface area contributed by atoms with Crippen molar-refractivity contribution in [3.8, 4) is 11.5 Å². The van der Waals surface area contributed by atoms with Crippen molar-refractivity contribution in [2.75, 3.05) is 0 Å². The summed E-state index contributed by atoms with van der Waals surface area (Å²) in [6.07, 6.45) is 8.09. The van der Waals surface area contributed by atoms with Gasteiger partial charge in [0.1, 0.15) is 11.5 Å². The van der Waals surface area contributed by atoms with Crippen LogP contribution < -0.4 is 0 Å². The fourth-order valence-corrected chi connectivity index (χ4v) is 4.51. The molecule has 1 aliphatic carbocycles. The van der Waals surface area contributed by atoms with E-state index in [0.29, 0.717) is 11.5 Å². The Morgan fingerprint density at radius 1 is 0.806 bits per heavy atom. The van der Waals surface area contributed by atoms with Crippen LogP contribution in [0.4, 0.5) is 0 Å². The van der Waals surface area contributed by atoms with Crippen molar-refractivity contribution < 1.29 is 10.2 Å². The molecular weight excluding hydrogens is 380 g/mol.